The van der Waals surface area contributed by atoms with Crippen molar-refractivity contribution in [2.45, 2.75) is 18.6 Å². The molecule has 2 aromatic rings. The molecule has 0 N–H and O–H groups in total. The van der Waals surface area contributed by atoms with Crippen LogP contribution in [0, 0.1) is 0 Å². The van der Waals surface area contributed by atoms with E-state index in [2.05, 4.69) is 24.5 Å². The van der Waals surface area contributed by atoms with Crippen LogP contribution in [-0.4, -0.2) is 9.55 Å². The molecule has 0 saturated carbocycles. The van der Waals surface area contributed by atoms with Crippen LogP contribution in [0.1, 0.15) is 6.92 Å². The molecule has 0 bridgehead atoms. The van der Waals surface area contributed by atoms with Gasteiger partial charge in [-0.2, -0.15) is 0 Å². The van der Waals surface area contributed by atoms with E-state index in [1.807, 2.05) is 22.8 Å². The molecule has 2 rings (SSSR count). The Hall–Kier alpha value is -0.670. The van der Waals surface area contributed by atoms with Crippen LogP contribution in [0.15, 0.2) is 23.4 Å². The smallest absolute Gasteiger partial charge is 0.165 e. The molecule has 0 aliphatic heterocycles. The number of aryl methyl sites for hydroxylation is 1. The standard InChI is InChI=1S/C9H9ClN2S/c1-2-12-8-5-6(10)3-4-7(8)11-9(12)13/h3-5H,2H2,1H3,(H,11,13). The van der Waals surface area contributed by atoms with Gasteiger partial charge < -0.3 is 4.57 Å². The number of hydrogen-bond acceptors (Lipinski definition) is 2. The first kappa shape index (κ1) is 8.91. The minimum absolute atomic E-state index is 0.732. The molecule has 0 radical (unpaired) electrons. The molecule has 1 aromatic carbocycles. The van der Waals surface area contributed by atoms with Crippen molar-refractivity contribution >= 4 is 35.3 Å². The van der Waals surface area contributed by atoms with Gasteiger partial charge in [-0.15, -0.1) is 12.6 Å². The molecule has 0 aliphatic carbocycles. The van der Waals surface area contributed by atoms with Gasteiger partial charge in [-0.25, -0.2) is 4.98 Å². The van der Waals surface area contributed by atoms with Crippen molar-refractivity contribution in [1.82, 2.24) is 9.55 Å². The van der Waals surface area contributed by atoms with Gasteiger partial charge in [0.2, 0.25) is 0 Å². The predicted molar refractivity (Wildman–Crippen MR) is 57.7 cm³/mol. The molecular formula is C9H9ClN2S. The Labute approximate surface area is 86.9 Å². The van der Waals surface area contributed by atoms with Gasteiger partial charge in [-0.3, -0.25) is 0 Å². The molecule has 0 unspecified atom stereocenters. The minimum atomic E-state index is 0.732. The fourth-order valence-corrected chi connectivity index (χ4v) is 1.92. The highest BCUT2D eigenvalue weighted by Gasteiger charge is 2.05. The summed E-state index contributed by atoms with van der Waals surface area (Å²) >= 11 is 10.2. The molecule has 0 amide bonds. The maximum Gasteiger partial charge on any atom is 0.165 e. The highest BCUT2D eigenvalue weighted by molar-refractivity contribution is 7.80. The summed E-state index contributed by atoms with van der Waals surface area (Å²) in [6, 6.07) is 5.65. The van der Waals surface area contributed by atoms with Gasteiger partial charge in [-0.05, 0) is 25.1 Å². The van der Waals surface area contributed by atoms with E-state index >= 15 is 0 Å². The molecule has 2 nitrogen and oxygen atoms in total. The van der Waals surface area contributed by atoms with Gasteiger partial charge in [0.05, 0.1) is 11.0 Å². The average Bonchev–Trinajstić information content (AvgIpc) is 2.40. The topological polar surface area (TPSA) is 17.8 Å². The Kier molecular flexibility index (Phi) is 2.22. The van der Waals surface area contributed by atoms with Crippen LogP contribution in [0.3, 0.4) is 0 Å². The molecule has 0 spiro atoms. The lowest BCUT2D eigenvalue weighted by atomic mass is 10.3. The summed E-state index contributed by atoms with van der Waals surface area (Å²) < 4.78 is 2.02. The van der Waals surface area contributed by atoms with Crippen LogP contribution in [0.4, 0.5) is 0 Å². The molecule has 4 heteroatoms. The lowest BCUT2D eigenvalue weighted by Gasteiger charge is -2.00. The van der Waals surface area contributed by atoms with Crippen molar-refractivity contribution in [3.05, 3.63) is 23.2 Å². The number of halogens is 1. The summed E-state index contributed by atoms with van der Waals surface area (Å²) in [5.74, 6) is 0. The van der Waals surface area contributed by atoms with Gasteiger partial charge in [0.1, 0.15) is 0 Å². The summed E-state index contributed by atoms with van der Waals surface area (Å²) in [6.07, 6.45) is 0. The number of fused-ring (bicyclic) bond motifs is 1. The van der Waals surface area contributed by atoms with Crippen molar-refractivity contribution in [3.63, 3.8) is 0 Å². The van der Waals surface area contributed by atoms with E-state index in [4.69, 9.17) is 11.6 Å². The van der Waals surface area contributed by atoms with Gasteiger partial charge in [-0.1, -0.05) is 11.6 Å². The summed E-state index contributed by atoms with van der Waals surface area (Å²) in [6.45, 7) is 2.91. The number of rotatable bonds is 1. The van der Waals surface area contributed by atoms with Gasteiger partial charge in [0.15, 0.2) is 5.16 Å². The van der Waals surface area contributed by atoms with Gasteiger partial charge in [0, 0.05) is 11.6 Å². The van der Waals surface area contributed by atoms with Gasteiger partial charge in [0.25, 0.3) is 0 Å². The number of benzene rings is 1. The number of hydrogen-bond donors (Lipinski definition) is 1. The quantitative estimate of drug-likeness (QED) is 0.720. The van der Waals surface area contributed by atoms with Gasteiger partial charge >= 0.3 is 0 Å². The van der Waals surface area contributed by atoms with Crippen molar-refractivity contribution < 1.29 is 0 Å². The van der Waals surface area contributed by atoms with Crippen molar-refractivity contribution in [2.75, 3.05) is 0 Å². The van der Waals surface area contributed by atoms with E-state index < -0.39 is 0 Å². The normalized spacial score (nSPS) is 11.0. The Morgan fingerprint density at radius 1 is 1.54 bits per heavy atom. The van der Waals surface area contributed by atoms with Crippen LogP contribution in [0.5, 0.6) is 0 Å². The molecule has 1 aromatic heterocycles. The zero-order valence-electron chi connectivity index (χ0n) is 7.16. The van der Waals surface area contributed by atoms with Crippen LogP contribution in [0.25, 0.3) is 11.0 Å². The zero-order valence-corrected chi connectivity index (χ0v) is 8.81. The maximum atomic E-state index is 5.89. The molecule has 0 atom stereocenters. The fourth-order valence-electron chi connectivity index (χ4n) is 1.39. The second-order valence-corrected chi connectivity index (χ2v) is 3.63. The molecule has 13 heavy (non-hydrogen) atoms. The highest BCUT2D eigenvalue weighted by Crippen LogP contribution is 2.21. The Morgan fingerprint density at radius 3 is 3.00 bits per heavy atom. The summed E-state index contributed by atoms with van der Waals surface area (Å²) in [7, 11) is 0. The molecule has 68 valence electrons. The fraction of sp³-hybridized carbons (Fsp3) is 0.222. The molecule has 0 saturated heterocycles. The molecule has 1 heterocycles. The van der Waals surface area contributed by atoms with Crippen molar-refractivity contribution in [2.24, 2.45) is 0 Å². The lowest BCUT2D eigenvalue weighted by molar-refractivity contribution is 0.705. The number of nitrogens with zero attached hydrogens (tertiary/aromatic N) is 2. The monoisotopic (exact) mass is 212 g/mol. The maximum absolute atomic E-state index is 5.89. The lowest BCUT2D eigenvalue weighted by Crippen LogP contribution is -1.93. The highest BCUT2D eigenvalue weighted by atomic mass is 35.5. The van der Waals surface area contributed by atoms with Crippen LogP contribution in [0.2, 0.25) is 5.02 Å². The summed E-state index contributed by atoms with van der Waals surface area (Å²) in [5.41, 5.74) is 1.98. The summed E-state index contributed by atoms with van der Waals surface area (Å²) in [4.78, 5) is 4.29. The number of aromatic nitrogens is 2. The van der Waals surface area contributed by atoms with E-state index in [-0.39, 0.29) is 0 Å². The van der Waals surface area contributed by atoms with E-state index in [1.165, 1.54) is 0 Å². The largest absolute Gasteiger partial charge is 0.319 e. The predicted octanol–water partition coefficient (Wildman–Crippen LogP) is 3.00. The summed E-state index contributed by atoms with van der Waals surface area (Å²) in [5, 5.41) is 1.47. The second kappa shape index (κ2) is 3.24. The third kappa shape index (κ3) is 1.42. The van der Waals surface area contributed by atoms with E-state index in [0.29, 0.717) is 0 Å². The SMILES string of the molecule is CCn1c(S)nc2ccc(Cl)cc21. The van der Waals surface area contributed by atoms with Crippen molar-refractivity contribution in [3.8, 4) is 0 Å². The minimum Gasteiger partial charge on any atom is -0.319 e. The average molecular weight is 213 g/mol. The van der Waals surface area contributed by atoms with E-state index in [9.17, 15) is 0 Å². The zero-order chi connectivity index (χ0) is 9.42. The van der Waals surface area contributed by atoms with Crippen LogP contribution >= 0.6 is 24.2 Å². The Morgan fingerprint density at radius 2 is 2.31 bits per heavy atom. The van der Waals surface area contributed by atoms with E-state index in [0.717, 1.165) is 27.8 Å². The second-order valence-electron chi connectivity index (χ2n) is 2.79. The van der Waals surface area contributed by atoms with Crippen LogP contribution < -0.4 is 0 Å². The molecule has 0 aliphatic rings. The van der Waals surface area contributed by atoms with Crippen LogP contribution in [-0.2, 0) is 6.54 Å². The molecule has 0 fully saturated rings. The number of thiol groups is 1. The first-order chi connectivity index (χ1) is 6.22. The molecular weight excluding hydrogens is 204 g/mol. The third-order valence-corrected chi connectivity index (χ3v) is 2.58. The third-order valence-electron chi connectivity index (χ3n) is 2.01. The first-order valence-corrected chi connectivity index (χ1v) is 4.89. The number of imidazole rings is 1. The first-order valence-electron chi connectivity index (χ1n) is 4.07. The van der Waals surface area contributed by atoms with Crippen molar-refractivity contribution in [1.29, 1.82) is 0 Å². The Bertz CT molecular complexity index is 450. The Balaban J connectivity index is 2.80. The van der Waals surface area contributed by atoms with E-state index in [1.54, 1.807) is 0 Å².